The Bertz CT molecular complexity index is 417. The molecule has 0 aromatic heterocycles. The Morgan fingerprint density at radius 3 is 2.59 bits per heavy atom. The van der Waals surface area contributed by atoms with Gasteiger partial charge in [-0.15, -0.1) is 6.58 Å². The number of carboxylic acid groups (broad SMARTS) is 1. The number of nitrogens with one attached hydrogen (secondary N) is 1. The summed E-state index contributed by atoms with van der Waals surface area (Å²) < 4.78 is 0. The predicted molar refractivity (Wildman–Crippen MR) is 55.8 cm³/mol. The summed E-state index contributed by atoms with van der Waals surface area (Å²) in [6, 6.07) is -0.859. The molecule has 1 atom stereocenters. The highest BCUT2D eigenvalue weighted by molar-refractivity contribution is 6.19. The van der Waals surface area contributed by atoms with Crippen LogP contribution in [0.25, 0.3) is 0 Å². The van der Waals surface area contributed by atoms with Gasteiger partial charge in [-0.25, -0.2) is 4.79 Å². The lowest BCUT2D eigenvalue weighted by Crippen LogP contribution is -2.63. The lowest BCUT2D eigenvalue weighted by Gasteiger charge is -2.35. The number of carbonyl (C=O) groups excluding carboxylic acids is 3. The average Bonchev–Trinajstić information content (AvgIpc) is 2.21. The lowest BCUT2D eigenvalue weighted by molar-refractivity contribution is -0.156. The van der Waals surface area contributed by atoms with Gasteiger partial charge in [-0.3, -0.25) is 24.6 Å². The van der Waals surface area contributed by atoms with Crippen LogP contribution in [0.2, 0.25) is 0 Å². The molecule has 4 amide bonds. The van der Waals surface area contributed by atoms with Crippen LogP contribution in [0.5, 0.6) is 0 Å². The average molecular weight is 240 g/mol. The second kappa shape index (κ2) is 4.36. The highest BCUT2D eigenvalue weighted by Gasteiger charge is 2.51. The number of barbiturate groups is 1. The number of amides is 4. The van der Waals surface area contributed by atoms with Crippen molar-refractivity contribution in [1.82, 2.24) is 10.2 Å². The van der Waals surface area contributed by atoms with Crippen molar-refractivity contribution in [1.29, 1.82) is 0 Å². The van der Waals surface area contributed by atoms with Crippen molar-refractivity contribution < 1.29 is 24.3 Å². The van der Waals surface area contributed by atoms with Crippen LogP contribution < -0.4 is 5.32 Å². The molecular weight excluding hydrogens is 228 g/mol. The first-order chi connectivity index (χ1) is 7.82. The van der Waals surface area contributed by atoms with Gasteiger partial charge in [0.15, 0.2) is 0 Å². The molecule has 0 bridgehead atoms. The van der Waals surface area contributed by atoms with Crippen LogP contribution >= 0.6 is 0 Å². The third kappa shape index (κ3) is 2.17. The fourth-order valence-corrected chi connectivity index (χ4v) is 1.54. The largest absolute Gasteiger partial charge is 0.481 e. The number of carboxylic acids is 1. The molecule has 1 saturated heterocycles. The molecule has 1 rings (SSSR count). The second-order valence-corrected chi connectivity index (χ2v) is 3.87. The maximum atomic E-state index is 11.9. The van der Waals surface area contributed by atoms with Gasteiger partial charge in [0.25, 0.3) is 0 Å². The quantitative estimate of drug-likeness (QED) is 0.520. The zero-order chi connectivity index (χ0) is 13.2. The minimum atomic E-state index is -1.76. The molecule has 0 aromatic carbocycles. The van der Waals surface area contributed by atoms with Crippen LogP contribution in [0.3, 0.4) is 0 Å². The topological polar surface area (TPSA) is 104 Å². The summed E-state index contributed by atoms with van der Waals surface area (Å²) in [6.07, 6.45) is 0.646. The Morgan fingerprint density at radius 2 is 2.12 bits per heavy atom. The second-order valence-electron chi connectivity index (χ2n) is 3.87. The van der Waals surface area contributed by atoms with E-state index in [1.165, 1.54) is 13.0 Å². The normalized spacial score (nSPS) is 24.5. The van der Waals surface area contributed by atoms with E-state index in [1.807, 2.05) is 5.32 Å². The van der Waals surface area contributed by atoms with Gasteiger partial charge >= 0.3 is 12.0 Å². The number of rotatable bonds is 4. The van der Waals surface area contributed by atoms with Gasteiger partial charge in [-0.2, -0.15) is 0 Å². The minimum absolute atomic E-state index is 0.0762. The van der Waals surface area contributed by atoms with Gasteiger partial charge in [-0.05, 0) is 6.92 Å². The number of hydrogen-bond donors (Lipinski definition) is 2. The maximum absolute atomic E-state index is 11.9. The molecule has 1 aliphatic rings. The number of hydrogen-bond acceptors (Lipinski definition) is 4. The Morgan fingerprint density at radius 1 is 1.53 bits per heavy atom. The van der Waals surface area contributed by atoms with Gasteiger partial charge in [0.1, 0.15) is 5.41 Å². The van der Waals surface area contributed by atoms with Crippen molar-refractivity contribution in [3.8, 4) is 0 Å². The zero-order valence-corrected chi connectivity index (χ0v) is 9.23. The highest BCUT2D eigenvalue weighted by Crippen LogP contribution is 2.28. The van der Waals surface area contributed by atoms with Crippen LogP contribution in [0.1, 0.15) is 13.3 Å². The SMILES string of the molecule is C=CCN1C(=O)NC(=O)C(C)(CC(=O)O)C1=O. The minimum Gasteiger partial charge on any atom is -0.481 e. The molecule has 92 valence electrons. The van der Waals surface area contributed by atoms with E-state index in [9.17, 15) is 19.2 Å². The molecule has 0 radical (unpaired) electrons. The fourth-order valence-electron chi connectivity index (χ4n) is 1.54. The Labute approximate surface area is 97.1 Å². The van der Waals surface area contributed by atoms with Crippen molar-refractivity contribution in [2.45, 2.75) is 13.3 Å². The van der Waals surface area contributed by atoms with E-state index in [1.54, 1.807) is 0 Å². The van der Waals surface area contributed by atoms with Crippen LogP contribution in [0, 0.1) is 5.41 Å². The molecule has 1 aliphatic heterocycles. The first kappa shape index (κ1) is 12.9. The molecule has 1 fully saturated rings. The number of nitrogens with zero attached hydrogens (tertiary/aromatic N) is 1. The van der Waals surface area contributed by atoms with Crippen LogP contribution in [-0.2, 0) is 14.4 Å². The Kier molecular flexibility index (Phi) is 3.31. The van der Waals surface area contributed by atoms with E-state index in [2.05, 4.69) is 6.58 Å². The number of imide groups is 2. The third-order valence-corrected chi connectivity index (χ3v) is 2.50. The number of carbonyl (C=O) groups is 4. The van der Waals surface area contributed by atoms with Gasteiger partial charge in [0.2, 0.25) is 11.8 Å². The lowest BCUT2D eigenvalue weighted by atomic mass is 9.82. The molecule has 1 heterocycles. The van der Waals surface area contributed by atoms with Gasteiger partial charge in [-0.1, -0.05) is 6.08 Å². The van der Waals surface area contributed by atoms with Crippen molar-refractivity contribution >= 4 is 23.8 Å². The molecule has 7 heteroatoms. The van der Waals surface area contributed by atoms with Crippen molar-refractivity contribution in [2.24, 2.45) is 5.41 Å². The summed E-state index contributed by atoms with van der Waals surface area (Å²) in [4.78, 5) is 46.3. The molecule has 0 aliphatic carbocycles. The predicted octanol–water partition coefficient (Wildman–Crippen LogP) is -0.268. The highest BCUT2D eigenvalue weighted by atomic mass is 16.4. The molecule has 1 unspecified atom stereocenters. The Hall–Kier alpha value is -2.18. The van der Waals surface area contributed by atoms with Gasteiger partial charge < -0.3 is 5.11 Å². The molecule has 2 N–H and O–H groups in total. The molecule has 0 spiro atoms. The van der Waals surface area contributed by atoms with Crippen molar-refractivity contribution in [2.75, 3.05) is 6.54 Å². The summed E-state index contributed by atoms with van der Waals surface area (Å²) in [5, 5.41) is 10.6. The maximum Gasteiger partial charge on any atom is 0.331 e. The van der Waals surface area contributed by atoms with Crippen LogP contribution in [-0.4, -0.2) is 40.4 Å². The van der Waals surface area contributed by atoms with Crippen molar-refractivity contribution in [3.63, 3.8) is 0 Å². The monoisotopic (exact) mass is 240 g/mol. The smallest absolute Gasteiger partial charge is 0.331 e. The molecule has 17 heavy (non-hydrogen) atoms. The van der Waals surface area contributed by atoms with E-state index in [-0.39, 0.29) is 6.54 Å². The van der Waals surface area contributed by atoms with Gasteiger partial charge in [0.05, 0.1) is 6.42 Å². The van der Waals surface area contributed by atoms with E-state index < -0.39 is 35.7 Å². The first-order valence-electron chi connectivity index (χ1n) is 4.83. The number of aliphatic carboxylic acids is 1. The molecule has 7 nitrogen and oxygen atoms in total. The standard InChI is InChI=1S/C10H12N2O5/c1-3-4-12-8(16)10(2,5-6(13)14)7(15)11-9(12)17/h3H,1,4-5H2,2H3,(H,13,14)(H,11,15,17). The molecular formula is C10H12N2O5. The van der Waals surface area contributed by atoms with E-state index in [4.69, 9.17) is 5.11 Å². The summed E-state index contributed by atoms with van der Waals surface area (Å²) >= 11 is 0. The van der Waals surface area contributed by atoms with Crippen molar-refractivity contribution in [3.05, 3.63) is 12.7 Å². The summed E-state index contributed by atoms with van der Waals surface area (Å²) in [5.41, 5.74) is -1.76. The number of urea groups is 1. The summed E-state index contributed by atoms with van der Waals surface area (Å²) in [6.45, 7) is 4.50. The van der Waals surface area contributed by atoms with E-state index in [0.29, 0.717) is 0 Å². The first-order valence-corrected chi connectivity index (χ1v) is 4.83. The zero-order valence-electron chi connectivity index (χ0n) is 9.23. The third-order valence-electron chi connectivity index (χ3n) is 2.50. The molecule has 0 aromatic rings. The van der Waals surface area contributed by atoms with E-state index in [0.717, 1.165) is 4.90 Å². The van der Waals surface area contributed by atoms with Gasteiger partial charge in [0, 0.05) is 6.54 Å². The fraction of sp³-hybridized carbons (Fsp3) is 0.400. The Balaban J connectivity index is 3.08. The van der Waals surface area contributed by atoms with Crippen LogP contribution in [0.15, 0.2) is 12.7 Å². The van der Waals surface area contributed by atoms with Crippen LogP contribution in [0.4, 0.5) is 4.79 Å². The summed E-state index contributed by atoms with van der Waals surface area (Å²) in [7, 11) is 0. The van der Waals surface area contributed by atoms with E-state index >= 15 is 0 Å². The molecule has 0 saturated carbocycles. The summed E-state index contributed by atoms with van der Waals surface area (Å²) in [5.74, 6) is -3.01.